The molecule has 4 nitrogen and oxygen atoms in total. The number of aryl methyl sites for hydroxylation is 1. The molecule has 0 bridgehead atoms. The highest BCUT2D eigenvalue weighted by Gasteiger charge is 1.99. The minimum atomic E-state index is -0.110. The van der Waals surface area contributed by atoms with Gasteiger partial charge in [0, 0.05) is 24.9 Å². The largest absolute Gasteiger partial charge is 0.311 e. The predicted octanol–water partition coefficient (Wildman–Crippen LogP) is 1.06. The van der Waals surface area contributed by atoms with E-state index in [1.807, 2.05) is 12.1 Å². The van der Waals surface area contributed by atoms with Gasteiger partial charge in [-0.2, -0.15) is 0 Å². The first-order valence-corrected chi connectivity index (χ1v) is 4.70. The van der Waals surface area contributed by atoms with Crippen LogP contribution < -0.4 is 5.56 Å². The Balaban J connectivity index is 2.29. The molecule has 0 unspecified atom stereocenters. The van der Waals surface area contributed by atoms with Crippen LogP contribution in [0.2, 0.25) is 0 Å². The lowest BCUT2D eigenvalue weighted by Crippen LogP contribution is -2.10. The van der Waals surface area contributed by atoms with Crippen LogP contribution in [-0.4, -0.2) is 15.0 Å². The first-order chi connectivity index (χ1) is 7.24. The molecule has 0 aliphatic rings. The number of pyridine rings is 1. The van der Waals surface area contributed by atoms with Gasteiger partial charge >= 0.3 is 0 Å². The third-order valence-corrected chi connectivity index (χ3v) is 2.02. The Bertz CT molecular complexity index is 505. The fourth-order valence-electron chi connectivity index (χ4n) is 1.44. The molecule has 2 rings (SSSR count). The Morgan fingerprint density at radius 2 is 2.33 bits per heavy atom. The predicted molar refractivity (Wildman–Crippen MR) is 56.6 cm³/mol. The van der Waals surface area contributed by atoms with Gasteiger partial charge in [-0.3, -0.25) is 9.78 Å². The van der Waals surface area contributed by atoms with Crippen molar-refractivity contribution in [1.82, 2.24) is 15.0 Å². The monoisotopic (exact) mass is 201 g/mol. The third kappa shape index (κ3) is 2.49. The maximum atomic E-state index is 11.2. The summed E-state index contributed by atoms with van der Waals surface area (Å²) >= 11 is 0. The Hall–Kier alpha value is -1.97. The Labute approximate surface area is 87.0 Å². The van der Waals surface area contributed by atoms with E-state index in [9.17, 15) is 4.79 Å². The second-order valence-corrected chi connectivity index (χ2v) is 3.36. The molecule has 0 spiro atoms. The van der Waals surface area contributed by atoms with Crippen molar-refractivity contribution in [3.63, 3.8) is 0 Å². The number of aromatic amines is 1. The first kappa shape index (κ1) is 9.58. The van der Waals surface area contributed by atoms with E-state index in [0.717, 1.165) is 11.3 Å². The van der Waals surface area contributed by atoms with Crippen LogP contribution in [0.25, 0.3) is 0 Å². The third-order valence-electron chi connectivity index (χ3n) is 2.02. The van der Waals surface area contributed by atoms with Gasteiger partial charge in [-0.15, -0.1) is 0 Å². The van der Waals surface area contributed by atoms with Crippen molar-refractivity contribution in [2.24, 2.45) is 0 Å². The van der Waals surface area contributed by atoms with Gasteiger partial charge in [-0.1, -0.05) is 6.07 Å². The van der Waals surface area contributed by atoms with Crippen molar-refractivity contribution in [2.45, 2.75) is 13.3 Å². The quantitative estimate of drug-likeness (QED) is 0.790. The van der Waals surface area contributed by atoms with E-state index in [1.165, 1.54) is 6.07 Å². The molecule has 0 saturated carbocycles. The molecule has 2 aromatic heterocycles. The number of aromatic nitrogens is 3. The smallest absolute Gasteiger partial charge is 0.251 e. The second-order valence-electron chi connectivity index (χ2n) is 3.36. The molecule has 0 atom stereocenters. The van der Waals surface area contributed by atoms with Crippen molar-refractivity contribution in [2.75, 3.05) is 0 Å². The van der Waals surface area contributed by atoms with Gasteiger partial charge in [0.25, 0.3) is 5.56 Å². The number of nitrogens with one attached hydrogen (secondary N) is 1. The molecule has 0 radical (unpaired) electrons. The zero-order chi connectivity index (χ0) is 10.7. The summed E-state index contributed by atoms with van der Waals surface area (Å²) < 4.78 is 0. The summed E-state index contributed by atoms with van der Waals surface area (Å²) in [6.07, 6.45) is 4.14. The zero-order valence-corrected chi connectivity index (χ0v) is 8.40. The van der Waals surface area contributed by atoms with E-state index in [2.05, 4.69) is 15.0 Å². The Morgan fingerprint density at radius 3 is 3.00 bits per heavy atom. The molecule has 2 heterocycles. The van der Waals surface area contributed by atoms with E-state index < -0.39 is 0 Å². The zero-order valence-electron chi connectivity index (χ0n) is 8.40. The topological polar surface area (TPSA) is 58.6 Å². The molecule has 0 aliphatic heterocycles. The van der Waals surface area contributed by atoms with Crippen molar-refractivity contribution in [1.29, 1.82) is 0 Å². The molecule has 15 heavy (non-hydrogen) atoms. The average Bonchev–Trinajstić information content (AvgIpc) is 2.17. The molecule has 0 saturated heterocycles. The van der Waals surface area contributed by atoms with Gasteiger partial charge in [0.1, 0.15) is 5.82 Å². The maximum Gasteiger partial charge on any atom is 0.251 e. The summed E-state index contributed by atoms with van der Waals surface area (Å²) in [7, 11) is 0. The molecular weight excluding hydrogens is 190 g/mol. The lowest BCUT2D eigenvalue weighted by molar-refractivity contribution is 0.942. The number of hydrogen-bond acceptors (Lipinski definition) is 3. The highest BCUT2D eigenvalue weighted by atomic mass is 16.1. The van der Waals surface area contributed by atoms with Crippen LogP contribution in [0.4, 0.5) is 0 Å². The SMILES string of the molecule is Cc1nc(Cc2cccnc2)cc(=O)[nH]1. The maximum absolute atomic E-state index is 11.2. The van der Waals surface area contributed by atoms with E-state index in [1.54, 1.807) is 19.3 Å². The second kappa shape index (κ2) is 4.04. The van der Waals surface area contributed by atoms with Gasteiger partial charge in [0.05, 0.1) is 5.69 Å². The van der Waals surface area contributed by atoms with Crippen LogP contribution >= 0.6 is 0 Å². The van der Waals surface area contributed by atoms with E-state index in [-0.39, 0.29) is 5.56 Å². The van der Waals surface area contributed by atoms with Crippen molar-refractivity contribution in [3.8, 4) is 0 Å². The molecule has 0 aliphatic carbocycles. The highest BCUT2D eigenvalue weighted by Crippen LogP contribution is 2.03. The number of rotatable bonds is 2. The molecule has 0 aromatic carbocycles. The Kier molecular flexibility index (Phi) is 2.58. The van der Waals surface area contributed by atoms with Gasteiger partial charge in [-0.05, 0) is 18.6 Å². The summed E-state index contributed by atoms with van der Waals surface area (Å²) in [6, 6.07) is 5.35. The molecular formula is C11H11N3O. The number of hydrogen-bond donors (Lipinski definition) is 1. The van der Waals surface area contributed by atoms with Gasteiger partial charge in [0.15, 0.2) is 0 Å². The van der Waals surface area contributed by atoms with Crippen LogP contribution in [0.1, 0.15) is 17.1 Å². The van der Waals surface area contributed by atoms with Crippen LogP contribution in [0.3, 0.4) is 0 Å². The summed E-state index contributed by atoms with van der Waals surface area (Å²) in [4.78, 5) is 22.1. The lowest BCUT2D eigenvalue weighted by Gasteiger charge is -2.00. The van der Waals surface area contributed by atoms with Crippen LogP contribution in [-0.2, 0) is 6.42 Å². The lowest BCUT2D eigenvalue weighted by atomic mass is 10.1. The van der Waals surface area contributed by atoms with E-state index in [4.69, 9.17) is 0 Å². The molecule has 0 fully saturated rings. The van der Waals surface area contributed by atoms with Crippen molar-refractivity contribution < 1.29 is 0 Å². The van der Waals surface area contributed by atoms with E-state index >= 15 is 0 Å². The molecule has 1 N–H and O–H groups in total. The minimum absolute atomic E-state index is 0.110. The number of H-pyrrole nitrogens is 1. The van der Waals surface area contributed by atoms with Gasteiger partial charge in [0.2, 0.25) is 0 Å². The van der Waals surface area contributed by atoms with Crippen LogP contribution in [0.5, 0.6) is 0 Å². The van der Waals surface area contributed by atoms with Crippen LogP contribution in [0.15, 0.2) is 35.4 Å². The van der Waals surface area contributed by atoms with Crippen LogP contribution in [0, 0.1) is 6.92 Å². The number of nitrogens with zero attached hydrogens (tertiary/aromatic N) is 2. The summed E-state index contributed by atoms with van der Waals surface area (Å²) in [5, 5.41) is 0. The fourth-order valence-corrected chi connectivity index (χ4v) is 1.44. The van der Waals surface area contributed by atoms with Crippen molar-refractivity contribution in [3.05, 3.63) is 58.0 Å². The molecule has 0 amide bonds. The molecule has 2 aromatic rings. The minimum Gasteiger partial charge on any atom is -0.311 e. The first-order valence-electron chi connectivity index (χ1n) is 4.70. The Morgan fingerprint density at radius 1 is 1.47 bits per heavy atom. The summed E-state index contributed by atoms with van der Waals surface area (Å²) in [5.74, 6) is 0.640. The normalized spacial score (nSPS) is 10.2. The van der Waals surface area contributed by atoms with Crippen molar-refractivity contribution >= 4 is 0 Å². The van der Waals surface area contributed by atoms with Gasteiger partial charge in [-0.25, -0.2) is 4.98 Å². The summed E-state index contributed by atoms with van der Waals surface area (Å²) in [5.41, 5.74) is 1.71. The van der Waals surface area contributed by atoms with Gasteiger partial charge < -0.3 is 4.98 Å². The summed E-state index contributed by atoms with van der Waals surface area (Å²) in [6.45, 7) is 1.77. The molecule has 4 heteroatoms. The van der Waals surface area contributed by atoms with E-state index in [0.29, 0.717) is 12.2 Å². The molecule has 76 valence electrons. The average molecular weight is 201 g/mol. The fraction of sp³-hybridized carbons (Fsp3) is 0.182. The highest BCUT2D eigenvalue weighted by molar-refractivity contribution is 5.17. The standard InChI is InChI=1S/C11H11N3O/c1-8-13-10(6-11(15)14-8)5-9-3-2-4-12-7-9/h2-4,6-7H,5H2,1H3,(H,13,14,15).